The summed E-state index contributed by atoms with van der Waals surface area (Å²) >= 11 is 0. The van der Waals surface area contributed by atoms with Crippen LogP contribution < -0.4 is 0 Å². The summed E-state index contributed by atoms with van der Waals surface area (Å²) < 4.78 is 5.34. The van der Waals surface area contributed by atoms with Crippen molar-refractivity contribution in [2.45, 2.75) is 58.2 Å². The molecular formula is C14H22N2O4. The zero-order chi connectivity index (χ0) is 14.9. The summed E-state index contributed by atoms with van der Waals surface area (Å²) in [5, 5.41) is 0. The second-order valence-electron chi connectivity index (χ2n) is 5.64. The van der Waals surface area contributed by atoms with Gasteiger partial charge in [-0.25, -0.2) is 0 Å². The molecule has 112 valence electrons. The molecule has 6 heteroatoms. The van der Waals surface area contributed by atoms with Crippen LogP contribution in [0.1, 0.15) is 40.0 Å². The van der Waals surface area contributed by atoms with Crippen molar-refractivity contribution in [1.82, 2.24) is 9.80 Å². The zero-order valence-corrected chi connectivity index (χ0v) is 12.3. The Bertz CT molecular complexity index is 409. The Morgan fingerprint density at radius 1 is 1.05 bits per heavy atom. The van der Waals surface area contributed by atoms with Gasteiger partial charge >= 0.3 is 5.97 Å². The highest BCUT2D eigenvalue weighted by Gasteiger charge is 2.42. The summed E-state index contributed by atoms with van der Waals surface area (Å²) in [6.07, 6.45) is 2.41. The summed E-state index contributed by atoms with van der Waals surface area (Å²) in [5.74, 6) is -0.638. The maximum atomic E-state index is 11.6. The van der Waals surface area contributed by atoms with Gasteiger partial charge in [-0.1, -0.05) is 0 Å². The first-order chi connectivity index (χ1) is 9.40. The van der Waals surface area contributed by atoms with Crippen LogP contribution in [0.15, 0.2) is 0 Å². The van der Waals surface area contributed by atoms with Crippen LogP contribution >= 0.6 is 0 Å². The minimum absolute atomic E-state index is 0.0449. The Hall–Kier alpha value is -1.43. The second kappa shape index (κ2) is 5.91. The van der Waals surface area contributed by atoms with Gasteiger partial charge in [-0.15, -0.1) is 0 Å². The first-order valence-electron chi connectivity index (χ1n) is 7.11. The Balaban J connectivity index is 2.01. The molecule has 0 aliphatic carbocycles. The molecule has 0 unspecified atom stereocenters. The monoisotopic (exact) mass is 282 g/mol. The lowest BCUT2D eigenvalue weighted by molar-refractivity contribution is -0.148. The normalized spacial score (nSPS) is 29.6. The van der Waals surface area contributed by atoms with Crippen molar-refractivity contribution in [2.24, 2.45) is 0 Å². The fourth-order valence-electron chi connectivity index (χ4n) is 3.50. The van der Waals surface area contributed by atoms with Crippen LogP contribution in [-0.2, 0) is 19.1 Å². The van der Waals surface area contributed by atoms with E-state index in [9.17, 15) is 14.4 Å². The lowest BCUT2D eigenvalue weighted by Gasteiger charge is -2.40. The molecule has 0 aromatic heterocycles. The molecule has 3 atom stereocenters. The van der Waals surface area contributed by atoms with Gasteiger partial charge in [0, 0.05) is 39.9 Å². The van der Waals surface area contributed by atoms with Crippen LogP contribution in [0.3, 0.4) is 0 Å². The highest BCUT2D eigenvalue weighted by molar-refractivity contribution is 5.93. The Kier molecular flexibility index (Phi) is 4.42. The van der Waals surface area contributed by atoms with E-state index < -0.39 is 0 Å². The molecule has 0 bridgehead atoms. The number of imide groups is 1. The van der Waals surface area contributed by atoms with Crippen molar-refractivity contribution in [2.75, 3.05) is 13.1 Å². The number of ether oxygens (including phenoxy) is 1. The molecule has 6 nitrogen and oxygen atoms in total. The number of rotatable bonds is 2. The number of hydrogen-bond acceptors (Lipinski definition) is 5. The lowest BCUT2D eigenvalue weighted by Crippen LogP contribution is -2.54. The molecule has 2 fully saturated rings. The van der Waals surface area contributed by atoms with Crippen LogP contribution in [0.2, 0.25) is 0 Å². The summed E-state index contributed by atoms with van der Waals surface area (Å²) in [6.45, 7) is 5.82. The number of hydrogen-bond donors (Lipinski definition) is 0. The fraction of sp³-hybridized carbons (Fsp3) is 0.786. The molecule has 20 heavy (non-hydrogen) atoms. The quantitative estimate of drug-likeness (QED) is 0.692. The number of piperidine rings is 1. The summed E-state index contributed by atoms with van der Waals surface area (Å²) in [6, 6.07) is 0.174. The molecule has 0 saturated carbocycles. The Morgan fingerprint density at radius 3 is 2.25 bits per heavy atom. The van der Waals surface area contributed by atoms with Gasteiger partial charge in [-0.05, 0) is 19.3 Å². The third-order valence-corrected chi connectivity index (χ3v) is 4.20. The number of nitrogens with zero attached hydrogens (tertiary/aromatic N) is 2. The van der Waals surface area contributed by atoms with Crippen molar-refractivity contribution in [3.63, 3.8) is 0 Å². The van der Waals surface area contributed by atoms with Gasteiger partial charge in [-0.2, -0.15) is 0 Å². The van der Waals surface area contributed by atoms with Gasteiger partial charge in [0.05, 0.1) is 6.04 Å². The van der Waals surface area contributed by atoms with Crippen molar-refractivity contribution < 1.29 is 19.1 Å². The number of carbonyl (C=O) groups excluding carboxylic acids is 3. The second-order valence-corrected chi connectivity index (χ2v) is 5.64. The van der Waals surface area contributed by atoms with Gasteiger partial charge in [0.15, 0.2) is 0 Å². The van der Waals surface area contributed by atoms with E-state index in [1.54, 1.807) is 0 Å². The SMILES string of the molecule is CC(=O)O[C@H]1CCN2C[C@@H](N(C(C)=O)C(C)=O)CC[C@H]12. The van der Waals surface area contributed by atoms with Crippen molar-refractivity contribution in [3.05, 3.63) is 0 Å². The fourth-order valence-corrected chi connectivity index (χ4v) is 3.50. The molecule has 2 aliphatic rings. The largest absolute Gasteiger partial charge is 0.461 e. The van der Waals surface area contributed by atoms with Crippen LogP contribution in [0, 0.1) is 0 Å². The van der Waals surface area contributed by atoms with E-state index >= 15 is 0 Å². The first kappa shape index (κ1) is 15.0. The van der Waals surface area contributed by atoms with E-state index in [-0.39, 0.29) is 36.0 Å². The average molecular weight is 282 g/mol. The molecule has 0 aromatic carbocycles. The topological polar surface area (TPSA) is 66.9 Å². The van der Waals surface area contributed by atoms with Crippen LogP contribution in [0.4, 0.5) is 0 Å². The van der Waals surface area contributed by atoms with Crippen molar-refractivity contribution >= 4 is 17.8 Å². The van der Waals surface area contributed by atoms with Gasteiger partial charge in [0.25, 0.3) is 0 Å². The highest BCUT2D eigenvalue weighted by atomic mass is 16.5. The smallest absolute Gasteiger partial charge is 0.302 e. The molecule has 0 aromatic rings. The van der Waals surface area contributed by atoms with Crippen LogP contribution in [-0.4, -0.2) is 58.9 Å². The van der Waals surface area contributed by atoms with Crippen molar-refractivity contribution in [3.8, 4) is 0 Å². The average Bonchev–Trinajstić information content (AvgIpc) is 2.70. The maximum absolute atomic E-state index is 11.6. The molecule has 0 N–H and O–H groups in total. The molecule has 0 radical (unpaired) electrons. The minimum Gasteiger partial charge on any atom is -0.461 e. The van der Waals surface area contributed by atoms with E-state index in [4.69, 9.17) is 4.74 Å². The van der Waals surface area contributed by atoms with Gasteiger partial charge in [0.2, 0.25) is 11.8 Å². The maximum Gasteiger partial charge on any atom is 0.302 e. The van der Waals surface area contributed by atoms with Gasteiger partial charge in [-0.3, -0.25) is 24.2 Å². The van der Waals surface area contributed by atoms with E-state index in [2.05, 4.69) is 4.90 Å². The Labute approximate surface area is 119 Å². The zero-order valence-electron chi connectivity index (χ0n) is 12.3. The standard InChI is InChI=1S/C14H22N2O4/c1-9(17)16(10(2)18)12-4-5-13-14(20-11(3)19)6-7-15(13)8-12/h12-14H,4-8H2,1-3H3/t12-,13+,14-/m0/s1. The molecule has 2 aliphatic heterocycles. The van der Waals surface area contributed by atoms with E-state index in [0.29, 0.717) is 6.54 Å². The molecular weight excluding hydrogens is 260 g/mol. The molecule has 2 amide bonds. The number of esters is 1. The van der Waals surface area contributed by atoms with Crippen molar-refractivity contribution in [1.29, 1.82) is 0 Å². The number of carbonyl (C=O) groups is 3. The van der Waals surface area contributed by atoms with E-state index in [0.717, 1.165) is 25.8 Å². The molecule has 2 rings (SSSR count). The van der Waals surface area contributed by atoms with Gasteiger partial charge in [0.1, 0.15) is 6.10 Å². The molecule has 2 saturated heterocycles. The predicted octanol–water partition coefficient (Wildman–Crippen LogP) is 0.550. The Morgan fingerprint density at radius 2 is 1.70 bits per heavy atom. The third-order valence-electron chi connectivity index (χ3n) is 4.20. The highest BCUT2D eigenvalue weighted by Crippen LogP contribution is 2.31. The minimum atomic E-state index is -0.243. The first-order valence-corrected chi connectivity index (χ1v) is 7.11. The van der Waals surface area contributed by atoms with Crippen LogP contribution in [0.25, 0.3) is 0 Å². The summed E-state index contributed by atoms with van der Waals surface area (Å²) in [7, 11) is 0. The van der Waals surface area contributed by atoms with E-state index in [1.165, 1.54) is 25.7 Å². The molecule has 0 spiro atoms. The number of fused-ring (bicyclic) bond motifs is 1. The third kappa shape index (κ3) is 3.00. The predicted molar refractivity (Wildman–Crippen MR) is 71.8 cm³/mol. The van der Waals surface area contributed by atoms with E-state index in [1.807, 2.05) is 0 Å². The van der Waals surface area contributed by atoms with Crippen LogP contribution in [0.5, 0.6) is 0 Å². The lowest BCUT2D eigenvalue weighted by atomic mass is 9.96. The number of amides is 2. The molecule has 2 heterocycles. The summed E-state index contributed by atoms with van der Waals surface area (Å²) in [4.78, 5) is 37.9. The summed E-state index contributed by atoms with van der Waals surface area (Å²) in [5.41, 5.74) is 0. The van der Waals surface area contributed by atoms with Gasteiger partial charge < -0.3 is 4.74 Å².